The quantitative estimate of drug-likeness (QED) is 0.717. The Balaban J connectivity index is 2.14. The second-order valence-corrected chi connectivity index (χ2v) is 3.96. The lowest BCUT2D eigenvalue weighted by atomic mass is 10.2. The van der Waals surface area contributed by atoms with Crippen molar-refractivity contribution in [3.63, 3.8) is 0 Å². The predicted molar refractivity (Wildman–Crippen MR) is 52.9 cm³/mol. The summed E-state index contributed by atoms with van der Waals surface area (Å²) in [7, 11) is 0. The summed E-state index contributed by atoms with van der Waals surface area (Å²) in [6, 6.07) is 9.48. The Labute approximate surface area is 81.5 Å². The van der Waals surface area contributed by atoms with Gasteiger partial charge in [-0.15, -0.1) is 0 Å². The molecule has 13 heavy (non-hydrogen) atoms. The molecular formula is C10H9NOS. The van der Waals surface area contributed by atoms with E-state index in [0.29, 0.717) is 11.7 Å². The number of hydrogen-bond donors (Lipinski definition) is 0. The molecule has 0 spiro atoms. The van der Waals surface area contributed by atoms with E-state index in [0.717, 1.165) is 17.3 Å². The van der Waals surface area contributed by atoms with Gasteiger partial charge in [-0.3, -0.25) is 0 Å². The van der Waals surface area contributed by atoms with Crippen LogP contribution in [0.3, 0.4) is 0 Å². The Morgan fingerprint density at radius 3 is 2.77 bits per heavy atom. The zero-order chi connectivity index (χ0) is 9.10. The van der Waals surface area contributed by atoms with Crippen LogP contribution in [0, 0.1) is 11.3 Å². The smallest absolute Gasteiger partial charge is 0.137 e. The molecule has 2 nitrogen and oxygen atoms in total. The number of hydrogen-bond acceptors (Lipinski definition) is 3. The summed E-state index contributed by atoms with van der Waals surface area (Å²) < 4.78 is 5.63. The Kier molecular flexibility index (Phi) is 2.42. The summed E-state index contributed by atoms with van der Waals surface area (Å²) in [5.41, 5.74) is 0.624. The lowest BCUT2D eigenvalue weighted by Crippen LogP contribution is -2.31. The van der Waals surface area contributed by atoms with Gasteiger partial charge in [0, 0.05) is 11.5 Å². The first-order valence-electron chi connectivity index (χ1n) is 4.13. The highest BCUT2D eigenvalue weighted by Crippen LogP contribution is 2.25. The van der Waals surface area contributed by atoms with Gasteiger partial charge in [0.05, 0.1) is 5.56 Å². The van der Waals surface area contributed by atoms with Crippen molar-refractivity contribution in [1.29, 1.82) is 5.26 Å². The third-order valence-electron chi connectivity index (χ3n) is 1.91. The molecule has 0 radical (unpaired) electrons. The van der Waals surface area contributed by atoms with Crippen LogP contribution in [0.25, 0.3) is 0 Å². The zero-order valence-electron chi connectivity index (χ0n) is 7.06. The molecule has 0 atom stereocenters. The van der Waals surface area contributed by atoms with E-state index in [1.807, 2.05) is 30.0 Å². The van der Waals surface area contributed by atoms with Crippen molar-refractivity contribution >= 4 is 11.8 Å². The van der Waals surface area contributed by atoms with E-state index < -0.39 is 0 Å². The zero-order valence-corrected chi connectivity index (χ0v) is 7.88. The van der Waals surface area contributed by atoms with Gasteiger partial charge >= 0.3 is 0 Å². The van der Waals surface area contributed by atoms with Crippen LogP contribution < -0.4 is 4.74 Å². The number of benzene rings is 1. The molecule has 1 heterocycles. The van der Waals surface area contributed by atoms with Crippen LogP contribution in [0.2, 0.25) is 0 Å². The second kappa shape index (κ2) is 3.71. The molecule has 0 bridgehead atoms. The molecular weight excluding hydrogens is 182 g/mol. The summed E-state index contributed by atoms with van der Waals surface area (Å²) in [4.78, 5) is 0. The van der Waals surface area contributed by atoms with Gasteiger partial charge in [0.25, 0.3) is 0 Å². The van der Waals surface area contributed by atoms with Crippen molar-refractivity contribution in [2.75, 3.05) is 11.5 Å². The van der Waals surface area contributed by atoms with Crippen LogP contribution in [0.4, 0.5) is 0 Å². The number of nitrogens with zero attached hydrogens (tertiary/aromatic N) is 1. The molecule has 1 aromatic rings. The maximum atomic E-state index is 8.79. The number of ether oxygens (including phenoxy) is 1. The van der Waals surface area contributed by atoms with Crippen molar-refractivity contribution in [3.8, 4) is 11.8 Å². The Morgan fingerprint density at radius 2 is 2.15 bits per heavy atom. The van der Waals surface area contributed by atoms with Gasteiger partial charge in [-0.05, 0) is 12.1 Å². The molecule has 0 saturated carbocycles. The molecule has 0 aromatic heterocycles. The van der Waals surface area contributed by atoms with E-state index in [-0.39, 0.29) is 0 Å². The van der Waals surface area contributed by atoms with Crippen molar-refractivity contribution < 1.29 is 4.74 Å². The molecule has 1 aliphatic heterocycles. The van der Waals surface area contributed by atoms with Crippen LogP contribution in [0.5, 0.6) is 5.75 Å². The molecule has 1 aliphatic rings. The predicted octanol–water partition coefficient (Wildman–Crippen LogP) is 2.05. The first-order chi connectivity index (χ1) is 6.40. The van der Waals surface area contributed by atoms with E-state index in [1.54, 1.807) is 6.07 Å². The summed E-state index contributed by atoms with van der Waals surface area (Å²) in [6.45, 7) is 0. The van der Waals surface area contributed by atoms with Gasteiger partial charge in [0.15, 0.2) is 0 Å². The Hall–Kier alpha value is -1.14. The molecule has 1 saturated heterocycles. The molecule has 0 aliphatic carbocycles. The first kappa shape index (κ1) is 8.46. The normalized spacial score (nSPS) is 15.9. The average Bonchev–Trinajstić information content (AvgIpc) is 2.12. The van der Waals surface area contributed by atoms with Gasteiger partial charge in [0.2, 0.25) is 0 Å². The van der Waals surface area contributed by atoms with Gasteiger partial charge in [-0.1, -0.05) is 12.1 Å². The lowest BCUT2D eigenvalue weighted by Gasteiger charge is -2.26. The monoisotopic (exact) mass is 191 g/mol. The third kappa shape index (κ3) is 1.78. The number of nitriles is 1. The number of para-hydroxylation sites is 1. The fourth-order valence-corrected chi connectivity index (χ4v) is 1.69. The highest BCUT2D eigenvalue weighted by molar-refractivity contribution is 8.00. The minimum atomic E-state index is 0.305. The van der Waals surface area contributed by atoms with Crippen LogP contribution in [0.15, 0.2) is 24.3 Å². The van der Waals surface area contributed by atoms with E-state index in [1.165, 1.54) is 0 Å². The Bertz CT molecular complexity index is 341. The number of rotatable bonds is 2. The first-order valence-corrected chi connectivity index (χ1v) is 5.29. The molecule has 3 heteroatoms. The van der Waals surface area contributed by atoms with E-state index in [9.17, 15) is 0 Å². The molecule has 0 amide bonds. The van der Waals surface area contributed by atoms with Gasteiger partial charge in [0.1, 0.15) is 17.9 Å². The van der Waals surface area contributed by atoms with E-state index in [4.69, 9.17) is 10.00 Å². The van der Waals surface area contributed by atoms with Crippen molar-refractivity contribution in [2.45, 2.75) is 6.10 Å². The number of thioether (sulfide) groups is 1. The third-order valence-corrected chi connectivity index (χ3v) is 3.12. The highest BCUT2D eigenvalue weighted by atomic mass is 32.2. The van der Waals surface area contributed by atoms with Crippen LogP contribution in [-0.4, -0.2) is 17.6 Å². The summed E-state index contributed by atoms with van der Waals surface area (Å²) in [5.74, 6) is 2.80. The minimum absolute atomic E-state index is 0.305. The van der Waals surface area contributed by atoms with Gasteiger partial charge in [-0.25, -0.2) is 0 Å². The van der Waals surface area contributed by atoms with Crippen LogP contribution in [-0.2, 0) is 0 Å². The second-order valence-electron chi connectivity index (χ2n) is 2.89. The standard InChI is InChI=1S/C10H9NOS/c11-5-8-3-1-2-4-10(8)12-9-6-13-7-9/h1-4,9H,6-7H2. The summed E-state index contributed by atoms with van der Waals surface area (Å²) >= 11 is 1.87. The molecule has 1 aromatic carbocycles. The van der Waals surface area contributed by atoms with Crippen LogP contribution in [0.1, 0.15) is 5.56 Å². The SMILES string of the molecule is N#Cc1ccccc1OC1CSC1. The van der Waals surface area contributed by atoms with E-state index in [2.05, 4.69) is 6.07 Å². The molecule has 2 rings (SSSR count). The summed E-state index contributed by atoms with van der Waals surface area (Å²) in [6.07, 6.45) is 0.305. The lowest BCUT2D eigenvalue weighted by molar-refractivity contribution is 0.239. The summed E-state index contributed by atoms with van der Waals surface area (Å²) in [5, 5.41) is 8.79. The maximum Gasteiger partial charge on any atom is 0.137 e. The Morgan fingerprint density at radius 1 is 1.38 bits per heavy atom. The average molecular weight is 191 g/mol. The molecule has 66 valence electrons. The largest absolute Gasteiger partial charge is 0.487 e. The fraction of sp³-hybridized carbons (Fsp3) is 0.300. The van der Waals surface area contributed by atoms with Crippen molar-refractivity contribution in [3.05, 3.63) is 29.8 Å². The molecule has 0 N–H and O–H groups in total. The fourth-order valence-electron chi connectivity index (χ4n) is 1.12. The van der Waals surface area contributed by atoms with Gasteiger partial charge < -0.3 is 4.74 Å². The highest BCUT2D eigenvalue weighted by Gasteiger charge is 2.20. The molecule has 1 fully saturated rings. The molecule has 0 unspecified atom stereocenters. The van der Waals surface area contributed by atoms with Crippen molar-refractivity contribution in [1.82, 2.24) is 0 Å². The maximum absolute atomic E-state index is 8.79. The topological polar surface area (TPSA) is 33.0 Å². The van der Waals surface area contributed by atoms with Gasteiger partial charge in [-0.2, -0.15) is 17.0 Å². The van der Waals surface area contributed by atoms with E-state index >= 15 is 0 Å². The van der Waals surface area contributed by atoms with Crippen molar-refractivity contribution in [2.24, 2.45) is 0 Å². The minimum Gasteiger partial charge on any atom is -0.487 e. The van der Waals surface area contributed by atoms with Crippen LogP contribution >= 0.6 is 11.8 Å².